The van der Waals surface area contributed by atoms with Crippen LogP contribution in [0.25, 0.3) is 0 Å². The van der Waals surface area contributed by atoms with Gasteiger partial charge in [-0.15, -0.1) is 6.42 Å². The molecule has 0 bridgehead atoms. The molecular formula is C34H54LiNO18. The quantitative estimate of drug-likeness (QED) is 0.0226. The summed E-state index contributed by atoms with van der Waals surface area (Å²) >= 11 is 0. The van der Waals surface area contributed by atoms with Gasteiger partial charge in [0.25, 0.3) is 0 Å². The Bertz CT molecular complexity index is 1200. The molecular weight excluding hydrogens is 717 g/mol. The molecule has 1 unspecified atom stereocenters. The van der Waals surface area contributed by atoms with Gasteiger partial charge in [-0.3, -0.25) is 4.79 Å². The van der Waals surface area contributed by atoms with Crippen molar-refractivity contribution in [2.24, 2.45) is 0 Å². The minimum atomic E-state index is -1.21. The van der Waals surface area contributed by atoms with E-state index in [0.717, 1.165) is 0 Å². The van der Waals surface area contributed by atoms with Gasteiger partial charge in [0.05, 0.1) is 111 Å². The van der Waals surface area contributed by atoms with E-state index < -0.39 is 42.5 Å². The van der Waals surface area contributed by atoms with Crippen molar-refractivity contribution < 1.29 is 106 Å². The smallest absolute Gasteiger partial charge is 0.560 e. The first-order valence-corrected chi connectivity index (χ1v) is 17.4. The monoisotopic (exact) mass is 771 g/mol. The molecule has 2 fully saturated rings. The van der Waals surface area contributed by atoms with Crippen molar-refractivity contribution >= 4 is 11.9 Å². The van der Waals surface area contributed by atoms with Crippen LogP contribution in [0.1, 0.15) is 23.7 Å². The van der Waals surface area contributed by atoms with Crippen LogP contribution in [0.5, 0.6) is 17.2 Å². The van der Waals surface area contributed by atoms with Crippen LogP contribution < -0.4 is 33.7 Å². The summed E-state index contributed by atoms with van der Waals surface area (Å²) in [7, 11) is 1.23. The number of methoxy groups -OCH3 is 1. The zero-order valence-electron chi connectivity index (χ0n) is 31.2. The first-order chi connectivity index (χ1) is 25.6. The molecule has 2 heterocycles. The van der Waals surface area contributed by atoms with Gasteiger partial charge in [0.2, 0.25) is 11.7 Å². The maximum atomic E-state index is 12.2. The Kier molecular flexibility index (Phi) is 24.2. The Balaban J connectivity index is 0.0000101. The molecule has 1 aromatic carbocycles. The molecule has 2 aliphatic rings. The third-order valence-electron chi connectivity index (χ3n) is 7.89. The van der Waals surface area contributed by atoms with E-state index in [0.29, 0.717) is 26.2 Å². The molecule has 3 rings (SSSR count). The Hall–Kier alpha value is -2.32. The van der Waals surface area contributed by atoms with E-state index in [1.54, 1.807) is 0 Å². The number of hydrogen-bond donors (Lipinski definition) is 6. The Morgan fingerprint density at radius 2 is 1.24 bits per heavy atom. The maximum absolute atomic E-state index is 12.2. The Labute approximate surface area is 326 Å². The molecule has 1 amide bonds. The number of carbonyl (C=O) groups is 2. The second-order valence-electron chi connectivity index (χ2n) is 11.9. The molecule has 0 saturated carbocycles. The summed E-state index contributed by atoms with van der Waals surface area (Å²) < 4.78 is 59.7. The number of nitrogens with one attached hydrogen (secondary N) is 1. The molecule has 54 heavy (non-hydrogen) atoms. The van der Waals surface area contributed by atoms with Crippen LogP contribution in [0.4, 0.5) is 0 Å². The molecule has 20 heteroatoms. The molecule has 0 aliphatic carbocycles. The average Bonchev–Trinajstić information content (AvgIpc) is 3.14. The van der Waals surface area contributed by atoms with E-state index in [1.165, 1.54) is 26.2 Å². The molecule has 6 atom stereocenters. The van der Waals surface area contributed by atoms with E-state index >= 15 is 0 Å². The summed E-state index contributed by atoms with van der Waals surface area (Å²) in [5.41, 5.74) is 0.109. The molecule has 0 spiro atoms. The number of carbonyl (C=O) groups excluding carboxylic acids is 2. The van der Waals surface area contributed by atoms with E-state index in [9.17, 15) is 35.1 Å². The first kappa shape index (κ1) is 47.8. The van der Waals surface area contributed by atoms with Gasteiger partial charge in [-0.2, -0.15) is 6.10 Å². The minimum Gasteiger partial charge on any atom is -0.560 e. The topological polar surface area (TPSA) is 249 Å². The zero-order valence-corrected chi connectivity index (χ0v) is 31.2. The fourth-order valence-corrected chi connectivity index (χ4v) is 5.06. The number of aliphatic hydroxyl groups excluding tert-OH is 4. The van der Waals surface area contributed by atoms with Gasteiger partial charge >= 0.3 is 24.8 Å². The molecule has 1 aromatic rings. The van der Waals surface area contributed by atoms with E-state index in [4.69, 9.17) is 52.1 Å². The SMILES string of the molecule is COC(=O)c1cc(OCCOCCOCCOCC2OC[C@H](NC(C)=O)[C@@H](O)[C@H]2O)c(O)c(OCCOCCOCCOC[C@H]2OCC[C-](O)[C@H]2O)c1.[Li+]. The van der Waals surface area contributed by atoms with Crippen molar-refractivity contribution in [1.82, 2.24) is 5.32 Å². The van der Waals surface area contributed by atoms with Crippen molar-refractivity contribution in [2.45, 2.75) is 49.9 Å². The summed E-state index contributed by atoms with van der Waals surface area (Å²) in [5, 5.41) is 53.0. The number of aromatic hydroxyl groups is 1. The van der Waals surface area contributed by atoms with Crippen LogP contribution in [0.3, 0.4) is 0 Å². The van der Waals surface area contributed by atoms with Gasteiger partial charge in [0, 0.05) is 13.5 Å². The van der Waals surface area contributed by atoms with Crippen LogP contribution in [0.2, 0.25) is 0 Å². The van der Waals surface area contributed by atoms with Crippen molar-refractivity contribution in [3.05, 3.63) is 23.8 Å². The molecule has 6 N–H and O–H groups in total. The van der Waals surface area contributed by atoms with Crippen molar-refractivity contribution in [3.63, 3.8) is 0 Å². The predicted octanol–water partition coefficient (Wildman–Crippen LogP) is -4.28. The van der Waals surface area contributed by atoms with E-state index in [1.807, 2.05) is 0 Å². The Morgan fingerprint density at radius 3 is 1.74 bits per heavy atom. The number of phenolic OH excluding ortho intramolecular Hbond substituents is 1. The fourth-order valence-electron chi connectivity index (χ4n) is 5.06. The molecule has 2 saturated heterocycles. The summed E-state index contributed by atoms with van der Waals surface area (Å²) in [5.74, 6) is -1.28. The van der Waals surface area contributed by atoms with Gasteiger partial charge in [0.1, 0.15) is 31.5 Å². The third kappa shape index (κ3) is 17.2. The van der Waals surface area contributed by atoms with Crippen LogP contribution in [0.15, 0.2) is 12.1 Å². The van der Waals surface area contributed by atoms with Crippen molar-refractivity contribution in [2.75, 3.05) is 113 Å². The van der Waals surface area contributed by atoms with Crippen LogP contribution >= 0.6 is 0 Å². The summed E-state index contributed by atoms with van der Waals surface area (Å²) in [6.45, 7) is 4.43. The molecule has 0 radical (unpaired) electrons. The van der Waals surface area contributed by atoms with Crippen LogP contribution in [-0.2, 0) is 47.4 Å². The normalized spacial score (nSPS) is 23.0. The second kappa shape index (κ2) is 27.3. The fraction of sp³-hybridized carbons (Fsp3) is 0.735. The van der Waals surface area contributed by atoms with E-state index in [2.05, 4.69) is 5.32 Å². The van der Waals surface area contributed by atoms with Crippen molar-refractivity contribution in [1.29, 1.82) is 0 Å². The summed E-state index contributed by atoms with van der Waals surface area (Å²) in [4.78, 5) is 23.4. The van der Waals surface area contributed by atoms with E-state index in [-0.39, 0.29) is 140 Å². The molecule has 2 aliphatic heterocycles. The van der Waals surface area contributed by atoms with Gasteiger partial charge in [-0.05, 0) is 18.2 Å². The van der Waals surface area contributed by atoms with Crippen molar-refractivity contribution in [3.8, 4) is 17.2 Å². The number of rotatable bonds is 26. The van der Waals surface area contributed by atoms with Gasteiger partial charge < -0.3 is 83.0 Å². The number of hydrogen-bond acceptors (Lipinski definition) is 18. The van der Waals surface area contributed by atoms with Gasteiger partial charge in [-0.1, -0.05) is 0 Å². The second-order valence-corrected chi connectivity index (χ2v) is 11.9. The van der Waals surface area contributed by atoms with Gasteiger partial charge in [-0.25, -0.2) is 4.79 Å². The third-order valence-corrected chi connectivity index (χ3v) is 7.89. The number of aliphatic hydroxyl groups is 4. The molecule has 0 aromatic heterocycles. The number of amides is 1. The average molecular weight is 772 g/mol. The van der Waals surface area contributed by atoms with Crippen LogP contribution in [0, 0.1) is 6.10 Å². The van der Waals surface area contributed by atoms with Gasteiger partial charge in [0.15, 0.2) is 11.5 Å². The first-order valence-electron chi connectivity index (χ1n) is 17.4. The number of benzene rings is 1. The largest absolute Gasteiger partial charge is 1.00 e. The minimum absolute atomic E-state index is 0. The number of ether oxygens (including phenoxy) is 11. The standard InChI is InChI=1S/C34H54NO18.Li/c1-22(36)35-24-19-53-29(33(41)30(24)38)21-49-12-10-45-6-8-47-14-16-52-27-18-23(34(42)43-2)17-26(32(27)40)51-15-13-46-7-5-44-9-11-48-20-28-31(39)25(37)3-4-50-28;/h17-18,24,28-31,33,37-41H,3-16,19-21H2,1-2H3,(H,35,36);/q-1;+1/t24-,28+,29?,30+,31+,33-;/m0./s1. The summed E-state index contributed by atoms with van der Waals surface area (Å²) in [6.07, 6.45) is -4.46. The number of phenols is 1. The molecule has 304 valence electrons. The van der Waals surface area contributed by atoms with Crippen LogP contribution in [-0.4, -0.2) is 187 Å². The predicted molar refractivity (Wildman–Crippen MR) is 180 cm³/mol. The zero-order chi connectivity index (χ0) is 38.4. The molecule has 19 nitrogen and oxygen atoms in total. The Morgan fingerprint density at radius 1 is 0.759 bits per heavy atom. The summed E-state index contributed by atoms with van der Waals surface area (Å²) in [6, 6.07) is 1.98. The number of esters is 1. The maximum Gasteiger partial charge on any atom is 1.00 e.